The average Bonchev–Trinajstić information content (AvgIpc) is 2.76. The van der Waals surface area contributed by atoms with Gasteiger partial charge in [0.1, 0.15) is 0 Å². The molecule has 6 heteroatoms. The van der Waals surface area contributed by atoms with E-state index < -0.39 is 5.97 Å². The molecule has 0 spiro atoms. The van der Waals surface area contributed by atoms with E-state index >= 15 is 0 Å². The third-order valence-corrected chi connectivity index (χ3v) is 2.54. The third kappa shape index (κ3) is 3.62. The van der Waals surface area contributed by atoms with Crippen LogP contribution in [-0.4, -0.2) is 39.8 Å². The van der Waals surface area contributed by atoms with Crippen LogP contribution in [0.15, 0.2) is 28.7 Å². The lowest BCUT2D eigenvalue weighted by atomic mass is 10.1. The molecule has 100 valence electrons. The van der Waals surface area contributed by atoms with Crippen molar-refractivity contribution < 1.29 is 14.3 Å². The van der Waals surface area contributed by atoms with Gasteiger partial charge in [-0.25, -0.2) is 0 Å². The van der Waals surface area contributed by atoms with Gasteiger partial charge in [-0.05, 0) is 26.1 Å². The van der Waals surface area contributed by atoms with Crippen LogP contribution < -0.4 is 0 Å². The molecule has 0 saturated heterocycles. The number of carboxylic acid groups (broad SMARTS) is 1. The van der Waals surface area contributed by atoms with Gasteiger partial charge in [0, 0.05) is 5.56 Å². The number of aromatic nitrogens is 2. The van der Waals surface area contributed by atoms with Gasteiger partial charge in [-0.1, -0.05) is 17.7 Å². The Hall–Kier alpha value is -2.21. The lowest BCUT2D eigenvalue weighted by Gasteiger charge is -2.09. The molecule has 0 fully saturated rings. The molecule has 0 bridgehead atoms. The molecule has 2 rings (SSSR count). The van der Waals surface area contributed by atoms with E-state index in [1.165, 1.54) is 0 Å². The normalized spacial score (nSPS) is 10.9. The van der Waals surface area contributed by atoms with Crippen molar-refractivity contribution in [2.75, 3.05) is 13.6 Å². The van der Waals surface area contributed by atoms with Crippen molar-refractivity contribution in [2.24, 2.45) is 0 Å². The fourth-order valence-electron chi connectivity index (χ4n) is 1.73. The topological polar surface area (TPSA) is 79.5 Å². The smallest absolute Gasteiger partial charge is 0.317 e. The number of carbonyl (C=O) groups is 1. The van der Waals surface area contributed by atoms with Crippen LogP contribution in [0.5, 0.6) is 0 Å². The van der Waals surface area contributed by atoms with E-state index in [-0.39, 0.29) is 6.54 Å². The minimum Gasteiger partial charge on any atom is -0.480 e. The second-order valence-corrected chi connectivity index (χ2v) is 4.44. The van der Waals surface area contributed by atoms with E-state index in [4.69, 9.17) is 9.52 Å². The summed E-state index contributed by atoms with van der Waals surface area (Å²) in [5.41, 5.74) is 1.97. The highest BCUT2D eigenvalue weighted by Crippen LogP contribution is 2.19. The lowest BCUT2D eigenvalue weighted by molar-refractivity contribution is -0.138. The summed E-state index contributed by atoms with van der Waals surface area (Å²) >= 11 is 0. The second-order valence-electron chi connectivity index (χ2n) is 4.44. The van der Waals surface area contributed by atoms with Crippen molar-refractivity contribution in [3.63, 3.8) is 0 Å². The van der Waals surface area contributed by atoms with Crippen LogP contribution in [0.1, 0.15) is 11.5 Å². The van der Waals surface area contributed by atoms with Crippen LogP contribution in [0.25, 0.3) is 11.5 Å². The Labute approximate surface area is 110 Å². The second kappa shape index (κ2) is 5.62. The van der Waals surface area contributed by atoms with Gasteiger partial charge in [0.15, 0.2) is 0 Å². The third-order valence-electron chi connectivity index (χ3n) is 2.54. The quantitative estimate of drug-likeness (QED) is 0.879. The Morgan fingerprint density at radius 2 is 2.21 bits per heavy atom. The summed E-state index contributed by atoms with van der Waals surface area (Å²) in [5, 5.41) is 16.6. The molecule has 0 aliphatic rings. The molecule has 0 unspecified atom stereocenters. The number of likely N-dealkylation sites (N-methyl/N-ethyl adjacent to an activating group) is 1. The Balaban J connectivity index is 2.09. The highest BCUT2D eigenvalue weighted by molar-refractivity contribution is 5.68. The van der Waals surface area contributed by atoms with Crippen molar-refractivity contribution in [3.05, 3.63) is 35.7 Å². The molecular weight excluding hydrogens is 246 g/mol. The van der Waals surface area contributed by atoms with E-state index in [0.29, 0.717) is 18.3 Å². The van der Waals surface area contributed by atoms with Gasteiger partial charge >= 0.3 is 5.97 Å². The Bertz CT molecular complexity index is 580. The first kappa shape index (κ1) is 13.2. The van der Waals surface area contributed by atoms with Crippen molar-refractivity contribution in [1.29, 1.82) is 0 Å². The first-order valence-corrected chi connectivity index (χ1v) is 5.84. The molecule has 1 N–H and O–H groups in total. The van der Waals surface area contributed by atoms with E-state index in [1.54, 1.807) is 11.9 Å². The SMILES string of the molecule is Cc1cccc(-c2nnc(CN(C)CC(=O)O)o2)c1. The van der Waals surface area contributed by atoms with Crippen molar-refractivity contribution in [2.45, 2.75) is 13.5 Å². The average molecular weight is 261 g/mol. The summed E-state index contributed by atoms with van der Waals surface area (Å²) in [5.74, 6) is -0.0383. The predicted octanol–water partition coefficient (Wildman–Crippen LogP) is 1.56. The van der Waals surface area contributed by atoms with Gasteiger partial charge in [0.2, 0.25) is 11.8 Å². The largest absolute Gasteiger partial charge is 0.480 e. The van der Waals surface area contributed by atoms with Crippen LogP contribution in [0, 0.1) is 6.92 Å². The van der Waals surface area contributed by atoms with Crippen LogP contribution in [0.4, 0.5) is 0 Å². The monoisotopic (exact) mass is 261 g/mol. The zero-order valence-corrected chi connectivity index (χ0v) is 10.8. The van der Waals surface area contributed by atoms with E-state index in [9.17, 15) is 4.79 Å². The molecule has 0 atom stereocenters. The predicted molar refractivity (Wildman–Crippen MR) is 68.4 cm³/mol. The van der Waals surface area contributed by atoms with Gasteiger partial charge in [0.25, 0.3) is 0 Å². The summed E-state index contributed by atoms with van der Waals surface area (Å²) in [7, 11) is 1.69. The molecule has 19 heavy (non-hydrogen) atoms. The molecule has 0 amide bonds. The fourth-order valence-corrected chi connectivity index (χ4v) is 1.73. The Morgan fingerprint density at radius 3 is 2.89 bits per heavy atom. The lowest BCUT2D eigenvalue weighted by Crippen LogP contribution is -2.25. The summed E-state index contributed by atoms with van der Waals surface area (Å²) < 4.78 is 5.52. The minimum atomic E-state index is -0.888. The van der Waals surface area contributed by atoms with Gasteiger partial charge in [0.05, 0.1) is 13.1 Å². The Morgan fingerprint density at radius 1 is 1.42 bits per heavy atom. The van der Waals surface area contributed by atoms with Gasteiger partial charge in [-0.15, -0.1) is 10.2 Å². The number of aliphatic carboxylic acids is 1. The molecule has 2 aromatic rings. The maximum atomic E-state index is 10.6. The molecule has 0 aliphatic heterocycles. The minimum absolute atomic E-state index is 0.0673. The summed E-state index contributed by atoms with van der Waals surface area (Å²) in [4.78, 5) is 12.1. The molecular formula is C13H15N3O3. The summed E-state index contributed by atoms with van der Waals surface area (Å²) in [6, 6.07) is 7.76. The van der Waals surface area contributed by atoms with Crippen LogP contribution in [0.3, 0.4) is 0 Å². The van der Waals surface area contributed by atoms with E-state index in [2.05, 4.69) is 10.2 Å². The van der Waals surface area contributed by atoms with Crippen LogP contribution in [0.2, 0.25) is 0 Å². The van der Waals surface area contributed by atoms with Crippen molar-refractivity contribution in [3.8, 4) is 11.5 Å². The molecule has 6 nitrogen and oxygen atoms in total. The number of nitrogens with zero attached hydrogens (tertiary/aromatic N) is 3. The van der Waals surface area contributed by atoms with Gasteiger partial charge in [-0.2, -0.15) is 0 Å². The summed E-state index contributed by atoms with van der Waals surface area (Å²) in [6.07, 6.45) is 0. The standard InChI is InChI=1S/C13H15N3O3/c1-9-4-3-5-10(6-9)13-15-14-11(19-13)7-16(2)8-12(17)18/h3-6H,7-8H2,1-2H3,(H,17,18). The van der Waals surface area contributed by atoms with Crippen molar-refractivity contribution >= 4 is 5.97 Å². The van der Waals surface area contributed by atoms with Gasteiger partial charge in [-0.3, -0.25) is 9.69 Å². The first-order chi connectivity index (χ1) is 9.04. The molecule has 1 aromatic heterocycles. The number of carboxylic acids is 1. The number of aryl methyl sites for hydroxylation is 1. The van der Waals surface area contributed by atoms with Crippen LogP contribution >= 0.6 is 0 Å². The van der Waals surface area contributed by atoms with Crippen molar-refractivity contribution in [1.82, 2.24) is 15.1 Å². The van der Waals surface area contributed by atoms with Gasteiger partial charge < -0.3 is 9.52 Å². The van der Waals surface area contributed by atoms with E-state index in [0.717, 1.165) is 11.1 Å². The zero-order chi connectivity index (χ0) is 13.8. The molecule has 0 saturated carbocycles. The highest BCUT2D eigenvalue weighted by atomic mass is 16.4. The first-order valence-electron chi connectivity index (χ1n) is 5.84. The summed E-state index contributed by atoms with van der Waals surface area (Å²) in [6.45, 7) is 2.23. The number of rotatable bonds is 5. The zero-order valence-electron chi connectivity index (χ0n) is 10.8. The molecule has 0 radical (unpaired) electrons. The Kier molecular flexibility index (Phi) is 3.91. The molecule has 0 aliphatic carbocycles. The fraction of sp³-hybridized carbons (Fsp3) is 0.308. The van der Waals surface area contributed by atoms with E-state index in [1.807, 2.05) is 31.2 Å². The number of benzene rings is 1. The maximum absolute atomic E-state index is 10.6. The van der Waals surface area contributed by atoms with Crippen LogP contribution in [-0.2, 0) is 11.3 Å². The number of hydrogen-bond acceptors (Lipinski definition) is 5. The maximum Gasteiger partial charge on any atom is 0.317 e. The molecule has 1 heterocycles. The number of hydrogen-bond donors (Lipinski definition) is 1. The molecule has 1 aromatic carbocycles. The highest BCUT2D eigenvalue weighted by Gasteiger charge is 2.12.